The van der Waals surface area contributed by atoms with Crippen LogP contribution in [0.3, 0.4) is 0 Å². The van der Waals surface area contributed by atoms with Gasteiger partial charge in [-0.3, -0.25) is 0 Å². The maximum Gasteiger partial charge on any atom is 0.166 e. The molecule has 1 fully saturated rings. The molecule has 0 spiro atoms. The molecule has 1 atom stereocenters. The lowest BCUT2D eigenvalue weighted by Gasteiger charge is -2.22. The van der Waals surface area contributed by atoms with Gasteiger partial charge in [0.05, 0.1) is 0 Å². The summed E-state index contributed by atoms with van der Waals surface area (Å²) in [6.07, 6.45) is 2.70. The average Bonchev–Trinajstić information content (AvgIpc) is 2.56. The average molecular weight is 215 g/mol. The van der Waals surface area contributed by atoms with Gasteiger partial charge in [0.25, 0.3) is 0 Å². The van der Waals surface area contributed by atoms with Crippen molar-refractivity contribution in [3.8, 4) is 0 Å². The molecule has 2 N–H and O–H groups in total. The Morgan fingerprint density at radius 2 is 2.07 bits per heavy atom. The first kappa shape index (κ1) is 11.7. The Kier molecular flexibility index (Phi) is 5.19. The highest BCUT2D eigenvalue weighted by Gasteiger charge is 2.14. The minimum atomic E-state index is 0.444. The third-order valence-electron chi connectivity index (χ3n) is 2.45. The molecule has 0 saturated carbocycles. The summed E-state index contributed by atoms with van der Waals surface area (Å²) in [4.78, 5) is 2.49. The molecule has 1 rings (SSSR count). The molecule has 0 aromatic carbocycles. The van der Waals surface area contributed by atoms with Gasteiger partial charge in [-0.1, -0.05) is 0 Å². The van der Waals surface area contributed by atoms with Gasteiger partial charge in [0.2, 0.25) is 0 Å². The number of nitrogens with zero attached hydrogens (tertiary/aromatic N) is 1. The van der Waals surface area contributed by atoms with E-state index in [9.17, 15) is 0 Å². The molecule has 3 nitrogen and oxygen atoms in total. The summed E-state index contributed by atoms with van der Waals surface area (Å²) in [7, 11) is 0. The first-order chi connectivity index (χ1) is 6.72. The molecule has 0 aromatic rings. The molecule has 0 aliphatic carbocycles. The number of hydrogen-bond acceptors (Lipinski definition) is 2. The Labute approximate surface area is 92.2 Å². The molecule has 0 radical (unpaired) electrons. The van der Waals surface area contributed by atoms with Gasteiger partial charge in [-0.15, -0.1) is 0 Å². The molecule has 1 heterocycles. The first-order valence-electron chi connectivity index (χ1n) is 5.49. The molecule has 82 valence electrons. The number of rotatable bonds is 4. The van der Waals surface area contributed by atoms with Crippen molar-refractivity contribution in [3.63, 3.8) is 0 Å². The van der Waals surface area contributed by atoms with E-state index in [2.05, 4.69) is 29.4 Å². The SMILES string of the molecule is CCNC(=S)NC(C)CN1CCCC1. The molecular weight excluding hydrogens is 194 g/mol. The molecule has 0 amide bonds. The van der Waals surface area contributed by atoms with E-state index in [0.29, 0.717) is 6.04 Å². The van der Waals surface area contributed by atoms with E-state index < -0.39 is 0 Å². The predicted molar refractivity (Wildman–Crippen MR) is 64.5 cm³/mol. The van der Waals surface area contributed by atoms with E-state index in [0.717, 1.165) is 18.2 Å². The minimum absolute atomic E-state index is 0.444. The normalized spacial score (nSPS) is 19.3. The second-order valence-electron chi connectivity index (χ2n) is 3.91. The van der Waals surface area contributed by atoms with Crippen molar-refractivity contribution in [2.24, 2.45) is 0 Å². The maximum atomic E-state index is 5.13. The lowest BCUT2D eigenvalue weighted by atomic mass is 10.3. The third kappa shape index (κ3) is 4.24. The summed E-state index contributed by atoms with van der Waals surface area (Å²) in [5.74, 6) is 0. The van der Waals surface area contributed by atoms with Crippen molar-refractivity contribution >= 4 is 17.3 Å². The van der Waals surface area contributed by atoms with Crippen molar-refractivity contribution in [3.05, 3.63) is 0 Å². The van der Waals surface area contributed by atoms with Crippen LogP contribution in [0.1, 0.15) is 26.7 Å². The predicted octanol–water partition coefficient (Wildman–Crippen LogP) is 0.955. The van der Waals surface area contributed by atoms with Crippen LogP contribution < -0.4 is 10.6 Å². The van der Waals surface area contributed by atoms with E-state index in [1.165, 1.54) is 25.9 Å². The fourth-order valence-corrected chi connectivity index (χ4v) is 2.18. The highest BCUT2D eigenvalue weighted by atomic mass is 32.1. The third-order valence-corrected chi connectivity index (χ3v) is 2.71. The maximum absolute atomic E-state index is 5.13. The number of nitrogens with one attached hydrogen (secondary N) is 2. The van der Waals surface area contributed by atoms with Crippen LogP contribution in [0.2, 0.25) is 0 Å². The zero-order valence-corrected chi connectivity index (χ0v) is 9.99. The first-order valence-corrected chi connectivity index (χ1v) is 5.90. The van der Waals surface area contributed by atoms with Gasteiger partial charge < -0.3 is 15.5 Å². The Morgan fingerprint density at radius 1 is 1.43 bits per heavy atom. The Bertz CT molecular complexity index is 178. The monoisotopic (exact) mass is 215 g/mol. The fraction of sp³-hybridized carbons (Fsp3) is 0.900. The van der Waals surface area contributed by atoms with Gasteiger partial charge >= 0.3 is 0 Å². The van der Waals surface area contributed by atoms with Crippen LogP contribution >= 0.6 is 12.2 Å². The zero-order valence-electron chi connectivity index (χ0n) is 9.18. The van der Waals surface area contributed by atoms with E-state index in [1.54, 1.807) is 0 Å². The highest BCUT2D eigenvalue weighted by molar-refractivity contribution is 7.80. The molecular formula is C10H21N3S. The van der Waals surface area contributed by atoms with E-state index in [4.69, 9.17) is 12.2 Å². The Morgan fingerprint density at radius 3 is 2.64 bits per heavy atom. The summed E-state index contributed by atoms with van der Waals surface area (Å²) in [6, 6.07) is 0.444. The van der Waals surface area contributed by atoms with Gasteiger partial charge in [-0.2, -0.15) is 0 Å². The van der Waals surface area contributed by atoms with Crippen LogP contribution in [0.4, 0.5) is 0 Å². The summed E-state index contributed by atoms with van der Waals surface area (Å²) < 4.78 is 0. The molecule has 1 aliphatic rings. The molecule has 14 heavy (non-hydrogen) atoms. The van der Waals surface area contributed by atoms with E-state index in [1.807, 2.05) is 0 Å². The van der Waals surface area contributed by atoms with Crippen LogP contribution in [0, 0.1) is 0 Å². The smallest absolute Gasteiger partial charge is 0.166 e. The topological polar surface area (TPSA) is 27.3 Å². The lowest BCUT2D eigenvalue weighted by molar-refractivity contribution is 0.312. The number of thiocarbonyl (C=S) groups is 1. The van der Waals surface area contributed by atoms with E-state index >= 15 is 0 Å². The largest absolute Gasteiger partial charge is 0.363 e. The van der Waals surface area contributed by atoms with Crippen molar-refractivity contribution in [1.29, 1.82) is 0 Å². The van der Waals surface area contributed by atoms with Gasteiger partial charge in [-0.25, -0.2) is 0 Å². The van der Waals surface area contributed by atoms with Crippen molar-refractivity contribution in [2.45, 2.75) is 32.7 Å². The standard InChI is InChI=1S/C10H21N3S/c1-3-11-10(14)12-9(2)8-13-6-4-5-7-13/h9H,3-8H2,1-2H3,(H2,11,12,14). The van der Waals surface area contributed by atoms with Crippen LogP contribution in [0.25, 0.3) is 0 Å². The van der Waals surface area contributed by atoms with Crippen LogP contribution in [-0.4, -0.2) is 42.2 Å². The second kappa shape index (κ2) is 6.19. The van der Waals surface area contributed by atoms with E-state index in [-0.39, 0.29) is 0 Å². The quantitative estimate of drug-likeness (QED) is 0.683. The molecule has 1 aliphatic heterocycles. The molecule has 1 saturated heterocycles. The van der Waals surface area contributed by atoms with Crippen LogP contribution in [0.5, 0.6) is 0 Å². The van der Waals surface area contributed by atoms with Gasteiger partial charge in [0.1, 0.15) is 0 Å². The molecule has 4 heteroatoms. The fourth-order valence-electron chi connectivity index (χ4n) is 1.83. The Balaban J connectivity index is 2.14. The summed E-state index contributed by atoms with van der Waals surface area (Å²) in [5.41, 5.74) is 0. The summed E-state index contributed by atoms with van der Waals surface area (Å²) in [6.45, 7) is 8.73. The van der Waals surface area contributed by atoms with Crippen molar-refractivity contribution < 1.29 is 0 Å². The molecule has 0 bridgehead atoms. The number of hydrogen-bond donors (Lipinski definition) is 2. The van der Waals surface area contributed by atoms with Crippen molar-refractivity contribution in [1.82, 2.24) is 15.5 Å². The Hall–Kier alpha value is -0.350. The lowest BCUT2D eigenvalue weighted by Crippen LogP contribution is -2.45. The molecule has 1 unspecified atom stereocenters. The summed E-state index contributed by atoms with van der Waals surface area (Å²) >= 11 is 5.13. The number of likely N-dealkylation sites (tertiary alicyclic amines) is 1. The van der Waals surface area contributed by atoms with Gasteiger partial charge in [0.15, 0.2) is 5.11 Å². The highest BCUT2D eigenvalue weighted by Crippen LogP contribution is 2.07. The van der Waals surface area contributed by atoms with Crippen molar-refractivity contribution in [2.75, 3.05) is 26.2 Å². The van der Waals surface area contributed by atoms with Crippen LogP contribution in [0.15, 0.2) is 0 Å². The van der Waals surface area contributed by atoms with Crippen LogP contribution in [-0.2, 0) is 0 Å². The zero-order chi connectivity index (χ0) is 10.4. The minimum Gasteiger partial charge on any atom is -0.363 e. The summed E-state index contributed by atoms with van der Waals surface area (Å²) in [5, 5.41) is 7.17. The second-order valence-corrected chi connectivity index (χ2v) is 4.32. The van der Waals surface area contributed by atoms with Gasteiger partial charge in [-0.05, 0) is 52.0 Å². The van der Waals surface area contributed by atoms with Gasteiger partial charge in [0, 0.05) is 19.1 Å². The molecule has 0 aromatic heterocycles.